The van der Waals surface area contributed by atoms with E-state index in [0.29, 0.717) is 17.5 Å². The van der Waals surface area contributed by atoms with E-state index in [0.717, 1.165) is 94.0 Å². The summed E-state index contributed by atoms with van der Waals surface area (Å²) in [6.45, 7) is 0. The van der Waals surface area contributed by atoms with Crippen molar-refractivity contribution in [3.63, 3.8) is 0 Å². The van der Waals surface area contributed by atoms with Crippen LogP contribution in [-0.2, 0) is 0 Å². The molecule has 14 rings (SSSR count). The van der Waals surface area contributed by atoms with Gasteiger partial charge in [0.1, 0.15) is 11.2 Å². The summed E-state index contributed by atoms with van der Waals surface area (Å²) >= 11 is 0. The third-order valence-corrected chi connectivity index (χ3v) is 13.3. The Kier molecular flexibility index (Phi) is 8.18. The molecule has 0 amide bonds. The molecule has 4 aromatic heterocycles. The summed E-state index contributed by atoms with van der Waals surface area (Å²) in [6, 6.07) is 79.1. The Balaban J connectivity index is 1.08. The highest BCUT2D eigenvalue weighted by Gasteiger charge is 2.24. The number of furan rings is 1. The summed E-state index contributed by atoms with van der Waals surface area (Å²) in [6.07, 6.45) is 0. The van der Waals surface area contributed by atoms with Crippen LogP contribution in [-0.4, -0.2) is 24.1 Å². The van der Waals surface area contributed by atoms with Crippen molar-refractivity contribution in [2.45, 2.75) is 0 Å². The predicted octanol–water partition coefficient (Wildman–Crippen LogP) is 15.8. The van der Waals surface area contributed by atoms with Crippen molar-refractivity contribution in [2.75, 3.05) is 0 Å². The van der Waals surface area contributed by atoms with E-state index in [1.54, 1.807) is 0 Å². The second-order valence-corrected chi connectivity index (χ2v) is 17.2. The van der Waals surface area contributed by atoms with Gasteiger partial charge in [0.25, 0.3) is 0 Å². The summed E-state index contributed by atoms with van der Waals surface area (Å²) in [4.78, 5) is 16.4. The van der Waals surface area contributed by atoms with E-state index >= 15 is 0 Å². The fourth-order valence-corrected chi connectivity index (χ4v) is 10.3. The van der Waals surface area contributed by atoms with Crippen molar-refractivity contribution < 1.29 is 4.42 Å². The summed E-state index contributed by atoms with van der Waals surface area (Å²) < 4.78 is 11.5. The summed E-state index contributed by atoms with van der Waals surface area (Å²) in [5.41, 5.74) is 12.8. The molecule has 0 fully saturated rings. The van der Waals surface area contributed by atoms with Crippen LogP contribution in [0.15, 0.2) is 229 Å². The van der Waals surface area contributed by atoms with Crippen LogP contribution in [0, 0.1) is 0 Å². The van der Waals surface area contributed by atoms with E-state index in [9.17, 15) is 0 Å². The zero-order valence-corrected chi connectivity index (χ0v) is 36.0. The van der Waals surface area contributed by atoms with Crippen LogP contribution in [0.1, 0.15) is 0 Å². The first-order valence-corrected chi connectivity index (χ1v) is 22.6. The number of para-hydroxylation sites is 5. The maximum absolute atomic E-state index is 6.80. The highest BCUT2D eigenvalue weighted by Crippen LogP contribution is 2.43. The molecule has 0 radical (unpaired) electrons. The normalized spacial score (nSPS) is 11.9. The first-order valence-electron chi connectivity index (χ1n) is 22.6. The molecular weight excluding hydrogens is 819 g/mol. The third kappa shape index (κ3) is 5.86. The first-order chi connectivity index (χ1) is 33.2. The van der Waals surface area contributed by atoms with Crippen molar-refractivity contribution in [3.05, 3.63) is 224 Å². The molecule has 14 aromatic rings. The minimum absolute atomic E-state index is 0.552. The van der Waals surface area contributed by atoms with E-state index in [2.05, 4.69) is 215 Å². The quantitative estimate of drug-likeness (QED) is 0.167. The second-order valence-electron chi connectivity index (χ2n) is 17.2. The smallest absolute Gasteiger partial charge is 0.166 e. The van der Waals surface area contributed by atoms with Gasteiger partial charge in [-0.05, 0) is 76.5 Å². The number of hydrogen-bond acceptors (Lipinski definition) is 4. The van der Waals surface area contributed by atoms with Crippen LogP contribution < -0.4 is 0 Å². The van der Waals surface area contributed by atoms with Gasteiger partial charge in [-0.15, -0.1) is 0 Å². The lowest BCUT2D eigenvalue weighted by molar-refractivity contribution is 0.668. The Morgan fingerprint density at radius 2 is 0.881 bits per heavy atom. The van der Waals surface area contributed by atoms with Gasteiger partial charge in [0.2, 0.25) is 0 Å². The molecule has 0 atom stereocenters. The van der Waals surface area contributed by atoms with Gasteiger partial charge in [-0.1, -0.05) is 164 Å². The maximum Gasteiger partial charge on any atom is 0.166 e. The van der Waals surface area contributed by atoms with E-state index < -0.39 is 0 Å². The molecule has 6 nitrogen and oxygen atoms in total. The first kappa shape index (κ1) is 37.3. The van der Waals surface area contributed by atoms with Gasteiger partial charge in [0.05, 0.1) is 27.8 Å². The Morgan fingerprint density at radius 3 is 1.66 bits per heavy atom. The van der Waals surface area contributed by atoms with Gasteiger partial charge in [0.15, 0.2) is 17.5 Å². The van der Waals surface area contributed by atoms with Crippen LogP contribution in [0.3, 0.4) is 0 Å². The van der Waals surface area contributed by atoms with Crippen LogP contribution in [0.2, 0.25) is 0 Å². The summed E-state index contributed by atoms with van der Waals surface area (Å²) in [5.74, 6) is 1.71. The SMILES string of the molecule is c1ccc(-c2ccc(-c3nc(-c4cc(-n5c6ccccc6c6cc7ccccc7cc65)cc5oc6ccccc6c45)nc(-c4cccc5c6ccccc6n(-c6ccccc6)c45)n3)cc2)cc1. The van der Waals surface area contributed by atoms with Gasteiger partial charge in [-0.25, -0.2) is 15.0 Å². The van der Waals surface area contributed by atoms with E-state index in [1.807, 2.05) is 18.2 Å². The van der Waals surface area contributed by atoms with E-state index in [1.165, 1.54) is 21.5 Å². The molecule has 0 N–H and O–H groups in total. The average Bonchev–Trinajstić information content (AvgIpc) is 4.05. The van der Waals surface area contributed by atoms with Gasteiger partial charge in [-0.2, -0.15) is 0 Å². The molecule has 67 heavy (non-hydrogen) atoms. The molecule has 4 heterocycles. The largest absolute Gasteiger partial charge is 0.456 e. The highest BCUT2D eigenvalue weighted by molar-refractivity contribution is 6.17. The standard InChI is InChI=1S/C61H37N5O/c1-3-16-38(17-4-1)39-30-32-40(33-31-39)59-62-60(49-26-15-25-47-45-22-9-13-28-53(45)66(58(47)49)43-20-5-2-6-21-43)64-61(63-59)51-36-44(37-56-57(51)48-24-11-14-29-55(48)67-56)65-52-27-12-10-23-46(52)50-34-41-18-7-8-19-42(41)35-54(50)65/h1-37H. The van der Waals surface area contributed by atoms with Gasteiger partial charge < -0.3 is 13.6 Å². The molecular formula is C61H37N5O. The molecule has 0 aliphatic carbocycles. The second kappa shape index (κ2) is 14.7. The minimum Gasteiger partial charge on any atom is -0.456 e. The molecule has 0 spiro atoms. The van der Waals surface area contributed by atoms with Gasteiger partial charge >= 0.3 is 0 Å². The average molecular weight is 856 g/mol. The number of benzene rings is 10. The fraction of sp³-hybridized carbons (Fsp3) is 0. The Labute approximate surface area is 384 Å². The number of rotatable bonds is 6. The molecule has 10 aromatic carbocycles. The highest BCUT2D eigenvalue weighted by atomic mass is 16.3. The lowest BCUT2D eigenvalue weighted by Crippen LogP contribution is -2.03. The minimum atomic E-state index is 0.552. The van der Waals surface area contributed by atoms with E-state index in [4.69, 9.17) is 19.4 Å². The van der Waals surface area contributed by atoms with Crippen molar-refractivity contribution in [1.82, 2.24) is 24.1 Å². The summed E-state index contributed by atoms with van der Waals surface area (Å²) in [7, 11) is 0. The number of fused-ring (bicyclic) bond motifs is 10. The van der Waals surface area contributed by atoms with Crippen molar-refractivity contribution >= 4 is 76.3 Å². The zero-order chi connectivity index (χ0) is 44.0. The molecule has 0 aliphatic heterocycles. The molecule has 0 bridgehead atoms. The topological polar surface area (TPSA) is 61.7 Å². The van der Waals surface area contributed by atoms with Crippen LogP contribution in [0.25, 0.3) is 133 Å². The van der Waals surface area contributed by atoms with E-state index in [-0.39, 0.29) is 0 Å². The fourth-order valence-electron chi connectivity index (χ4n) is 10.3. The molecule has 0 saturated carbocycles. The molecule has 312 valence electrons. The lowest BCUT2D eigenvalue weighted by atomic mass is 10.0. The Bertz CT molecular complexity index is 4260. The molecule has 0 aliphatic rings. The Hall–Kier alpha value is -9.13. The number of hydrogen-bond donors (Lipinski definition) is 0. The zero-order valence-electron chi connectivity index (χ0n) is 36.0. The maximum atomic E-state index is 6.80. The van der Waals surface area contributed by atoms with Crippen molar-refractivity contribution in [2.24, 2.45) is 0 Å². The Morgan fingerprint density at radius 1 is 0.313 bits per heavy atom. The van der Waals surface area contributed by atoms with Gasteiger partial charge in [-0.3, -0.25) is 0 Å². The van der Waals surface area contributed by atoms with Crippen molar-refractivity contribution in [3.8, 4) is 56.7 Å². The molecule has 6 heteroatoms. The van der Waals surface area contributed by atoms with Crippen LogP contribution in [0.4, 0.5) is 0 Å². The van der Waals surface area contributed by atoms with Crippen LogP contribution >= 0.6 is 0 Å². The number of aromatic nitrogens is 5. The molecule has 0 unspecified atom stereocenters. The molecule has 0 saturated heterocycles. The predicted molar refractivity (Wildman–Crippen MR) is 275 cm³/mol. The number of nitrogens with zero attached hydrogens (tertiary/aromatic N) is 5. The summed E-state index contributed by atoms with van der Waals surface area (Å²) in [5, 5.41) is 8.97. The monoisotopic (exact) mass is 855 g/mol. The van der Waals surface area contributed by atoms with Gasteiger partial charge in [0, 0.05) is 60.8 Å². The lowest BCUT2D eigenvalue weighted by Gasteiger charge is -2.14. The van der Waals surface area contributed by atoms with Crippen molar-refractivity contribution in [1.29, 1.82) is 0 Å². The van der Waals surface area contributed by atoms with Crippen LogP contribution in [0.5, 0.6) is 0 Å². The third-order valence-electron chi connectivity index (χ3n) is 13.3.